The summed E-state index contributed by atoms with van der Waals surface area (Å²) in [6.45, 7) is 0. The van der Waals surface area contributed by atoms with Gasteiger partial charge in [0.2, 0.25) is 0 Å². The Balaban J connectivity index is 1.86. The van der Waals surface area contributed by atoms with Crippen molar-refractivity contribution in [2.75, 3.05) is 0 Å². The van der Waals surface area contributed by atoms with Crippen LogP contribution in [0.4, 0.5) is 0 Å². The molecule has 1 aliphatic rings. The molecule has 128 valence electrons. The summed E-state index contributed by atoms with van der Waals surface area (Å²) in [7, 11) is 1.89. The quantitative estimate of drug-likeness (QED) is 0.646. The molecule has 1 atom stereocenters. The third kappa shape index (κ3) is 3.83. The Morgan fingerprint density at radius 2 is 2.04 bits per heavy atom. The Bertz CT molecular complexity index is 858. The van der Waals surface area contributed by atoms with Gasteiger partial charge >= 0.3 is 5.97 Å². The molecule has 1 saturated heterocycles. The van der Waals surface area contributed by atoms with Crippen molar-refractivity contribution in [3.8, 4) is 0 Å². The fourth-order valence-corrected chi connectivity index (χ4v) is 3.99. The molecule has 5 nitrogen and oxygen atoms in total. The molecule has 7 heteroatoms. The number of carboxylic acid groups (broad SMARTS) is 1. The fourth-order valence-electron chi connectivity index (χ4n) is 2.64. The molecule has 2 aromatic rings. The maximum absolute atomic E-state index is 12.7. The van der Waals surface area contributed by atoms with Crippen molar-refractivity contribution in [3.05, 3.63) is 64.8 Å². The number of amides is 1. The maximum Gasteiger partial charge on any atom is 0.327 e. The van der Waals surface area contributed by atoms with Gasteiger partial charge in [-0.15, -0.1) is 0 Å². The van der Waals surface area contributed by atoms with E-state index in [0.717, 1.165) is 22.9 Å². The van der Waals surface area contributed by atoms with Crippen molar-refractivity contribution in [1.29, 1.82) is 0 Å². The van der Waals surface area contributed by atoms with E-state index in [9.17, 15) is 14.7 Å². The van der Waals surface area contributed by atoms with Gasteiger partial charge in [0.15, 0.2) is 0 Å². The van der Waals surface area contributed by atoms with E-state index in [-0.39, 0.29) is 16.6 Å². The van der Waals surface area contributed by atoms with Crippen LogP contribution in [0.2, 0.25) is 0 Å². The Morgan fingerprint density at radius 3 is 2.64 bits per heavy atom. The second-order valence-corrected chi connectivity index (χ2v) is 7.38. The van der Waals surface area contributed by atoms with Gasteiger partial charge in [0.25, 0.3) is 5.91 Å². The number of rotatable bonds is 5. The van der Waals surface area contributed by atoms with E-state index in [1.54, 1.807) is 6.08 Å². The van der Waals surface area contributed by atoms with Crippen molar-refractivity contribution in [2.24, 2.45) is 7.05 Å². The Kier molecular flexibility index (Phi) is 5.06. The first-order chi connectivity index (χ1) is 12.0. The number of hydrogen-bond donors (Lipinski definition) is 1. The molecule has 0 bridgehead atoms. The molecule has 0 saturated carbocycles. The number of carboxylic acids is 1. The number of aliphatic carboxylic acids is 1. The first kappa shape index (κ1) is 17.4. The normalized spacial score (nSPS) is 17.3. The lowest BCUT2D eigenvalue weighted by Gasteiger charge is -2.23. The summed E-state index contributed by atoms with van der Waals surface area (Å²) in [5.74, 6) is -1.43. The summed E-state index contributed by atoms with van der Waals surface area (Å²) in [5, 5.41) is 9.62. The molecule has 1 amide bonds. The number of carbonyl (C=O) groups excluding carboxylic acids is 1. The van der Waals surface area contributed by atoms with Crippen LogP contribution in [-0.2, 0) is 23.1 Å². The molecule has 1 aliphatic heterocycles. The van der Waals surface area contributed by atoms with Gasteiger partial charge in [0.05, 0.1) is 4.91 Å². The van der Waals surface area contributed by atoms with E-state index >= 15 is 0 Å². The van der Waals surface area contributed by atoms with Crippen LogP contribution in [0.1, 0.15) is 11.1 Å². The predicted octanol–water partition coefficient (Wildman–Crippen LogP) is 2.92. The van der Waals surface area contributed by atoms with E-state index in [0.29, 0.717) is 4.91 Å². The number of thiocarbonyl (C=S) groups is 1. The Morgan fingerprint density at radius 1 is 1.32 bits per heavy atom. The van der Waals surface area contributed by atoms with Crippen molar-refractivity contribution < 1.29 is 14.7 Å². The molecule has 1 aromatic carbocycles. The van der Waals surface area contributed by atoms with Gasteiger partial charge in [-0.1, -0.05) is 54.3 Å². The second kappa shape index (κ2) is 7.25. The lowest BCUT2D eigenvalue weighted by Crippen LogP contribution is -2.45. The van der Waals surface area contributed by atoms with E-state index in [1.165, 1.54) is 4.90 Å². The van der Waals surface area contributed by atoms with Gasteiger partial charge in [-0.2, -0.15) is 0 Å². The number of hydrogen-bond acceptors (Lipinski definition) is 4. The van der Waals surface area contributed by atoms with Crippen LogP contribution in [0.3, 0.4) is 0 Å². The molecule has 0 spiro atoms. The van der Waals surface area contributed by atoms with Crippen LogP contribution in [0, 0.1) is 0 Å². The number of aryl methyl sites for hydroxylation is 1. The number of benzene rings is 1. The van der Waals surface area contributed by atoms with Gasteiger partial charge in [0.1, 0.15) is 10.4 Å². The SMILES string of the molecule is Cn1ccc(/C=C2/SC(=S)N([C@@H](Cc3ccccc3)C(=O)O)C2=O)c1. The van der Waals surface area contributed by atoms with Gasteiger partial charge in [-0.25, -0.2) is 4.79 Å². The van der Waals surface area contributed by atoms with Crippen molar-refractivity contribution in [3.63, 3.8) is 0 Å². The number of carbonyl (C=O) groups is 2. The van der Waals surface area contributed by atoms with Crippen molar-refractivity contribution >= 4 is 46.3 Å². The minimum Gasteiger partial charge on any atom is -0.480 e. The highest BCUT2D eigenvalue weighted by atomic mass is 32.2. The van der Waals surface area contributed by atoms with Crippen molar-refractivity contribution in [2.45, 2.75) is 12.5 Å². The highest BCUT2D eigenvalue weighted by Crippen LogP contribution is 2.34. The van der Waals surface area contributed by atoms with Crippen LogP contribution in [-0.4, -0.2) is 36.8 Å². The van der Waals surface area contributed by atoms with Crippen LogP contribution >= 0.6 is 24.0 Å². The second-order valence-electron chi connectivity index (χ2n) is 5.71. The molecule has 3 rings (SSSR count). The lowest BCUT2D eigenvalue weighted by atomic mass is 10.0. The first-order valence-electron chi connectivity index (χ1n) is 7.61. The molecular formula is C18H16N2O3S2. The Hall–Kier alpha value is -2.38. The monoisotopic (exact) mass is 372 g/mol. The van der Waals surface area contributed by atoms with E-state index in [4.69, 9.17) is 12.2 Å². The van der Waals surface area contributed by atoms with Gasteiger partial charge < -0.3 is 9.67 Å². The third-order valence-electron chi connectivity index (χ3n) is 3.84. The Labute approximate surface area is 154 Å². The van der Waals surface area contributed by atoms with E-state index < -0.39 is 12.0 Å². The summed E-state index contributed by atoms with van der Waals surface area (Å²) < 4.78 is 2.15. The summed E-state index contributed by atoms with van der Waals surface area (Å²) in [5.41, 5.74) is 1.72. The molecule has 1 aromatic heterocycles. The summed E-state index contributed by atoms with van der Waals surface area (Å²) >= 11 is 6.42. The zero-order chi connectivity index (χ0) is 18.0. The smallest absolute Gasteiger partial charge is 0.327 e. The van der Waals surface area contributed by atoms with Gasteiger partial charge in [-0.3, -0.25) is 9.69 Å². The topological polar surface area (TPSA) is 62.5 Å². The van der Waals surface area contributed by atoms with Crippen LogP contribution in [0.15, 0.2) is 53.7 Å². The number of thioether (sulfide) groups is 1. The average molecular weight is 372 g/mol. The van der Waals surface area contributed by atoms with Crippen LogP contribution in [0.25, 0.3) is 6.08 Å². The van der Waals surface area contributed by atoms with Crippen molar-refractivity contribution in [1.82, 2.24) is 9.47 Å². The van der Waals surface area contributed by atoms with Gasteiger partial charge in [0, 0.05) is 25.9 Å². The first-order valence-corrected chi connectivity index (χ1v) is 8.84. The maximum atomic E-state index is 12.7. The zero-order valence-corrected chi connectivity index (χ0v) is 15.1. The summed E-state index contributed by atoms with van der Waals surface area (Å²) in [6, 6.07) is 10.1. The highest BCUT2D eigenvalue weighted by molar-refractivity contribution is 8.26. The molecular weight excluding hydrogens is 356 g/mol. The minimum absolute atomic E-state index is 0.210. The number of nitrogens with zero attached hydrogens (tertiary/aromatic N) is 2. The standard InChI is InChI=1S/C18H16N2O3S2/c1-19-8-7-13(11-19)10-15-16(21)20(18(24)25-15)14(17(22)23)9-12-5-3-2-4-6-12/h2-8,10-11,14H,9H2,1H3,(H,22,23)/b15-10+/t14-/m0/s1. The molecule has 25 heavy (non-hydrogen) atoms. The predicted molar refractivity (Wildman–Crippen MR) is 102 cm³/mol. The van der Waals surface area contributed by atoms with Crippen LogP contribution < -0.4 is 0 Å². The third-order valence-corrected chi connectivity index (χ3v) is 5.18. The molecule has 1 fully saturated rings. The number of aromatic nitrogens is 1. The minimum atomic E-state index is -1.07. The average Bonchev–Trinajstić information content (AvgIpc) is 3.10. The largest absolute Gasteiger partial charge is 0.480 e. The van der Waals surface area contributed by atoms with E-state index in [2.05, 4.69) is 0 Å². The molecule has 0 radical (unpaired) electrons. The highest BCUT2D eigenvalue weighted by Gasteiger charge is 2.40. The summed E-state index contributed by atoms with van der Waals surface area (Å²) in [4.78, 5) is 26.2. The molecule has 0 aliphatic carbocycles. The lowest BCUT2D eigenvalue weighted by molar-refractivity contribution is -0.145. The molecule has 2 heterocycles. The van der Waals surface area contributed by atoms with Gasteiger partial charge in [-0.05, 0) is 23.3 Å². The molecule has 0 unspecified atom stereocenters. The fraction of sp³-hybridized carbons (Fsp3) is 0.167. The van der Waals surface area contributed by atoms with Crippen LogP contribution in [0.5, 0.6) is 0 Å². The van der Waals surface area contributed by atoms with E-state index in [1.807, 2.05) is 60.4 Å². The summed E-state index contributed by atoms with van der Waals surface area (Å²) in [6.07, 6.45) is 5.70. The zero-order valence-electron chi connectivity index (χ0n) is 13.5. The molecule has 1 N–H and O–H groups in total.